The van der Waals surface area contributed by atoms with Gasteiger partial charge in [-0.1, -0.05) is 24.3 Å². The number of rotatable bonds is 6. The number of anilines is 2. The van der Waals surface area contributed by atoms with Gasteiger partial charge in [-0.3, -0.25) is 20.4 Å². The average Bonchev–Trinajstić information content (AvgIpc) is 3.32. The van der Waals surface area contributed by atoms with Crippen LogP contribution in [-0.2, 0) is 10.1 Å². The van der Waals surface area contributed by atoms with Crippen LogP contribution in [0.25, 0.3) is 20.8 Å². The number of nitrogens with one attached hydrogen (secondary N) is 2. The van der Waals surface area contributed by atoms with Gasteiger partial charge in [0, 0.05) is 5.56 Å². The zero-order chi connectivity index (χ0) is 26.9. The second-order valence-corrected chi connectivity index (χ2v) is 10.5. The Morgan fingerprint density at radius 1 is 0.846 bits per heavy atom. The van der Waals surface area contributed by atoms with Crippen LogP contribution in [0.5, 0.6) is 0 Å². The van der Waals surface area contributed by atoms with Crippen molar-refractivity contribution in [3.63, 3.8) is 0 Å². The van der Waals surface area contributed by atoms with Gasteiger partial charge in [0.1, 0.15) is 20.5 Å². The third-order valence-electron chi connectivity index (χ3n) is 5.54. The first-order chi connectivity index (χ1) is 18.2. The summed E-state index contributed by atoms with van der Waals surface area (Å²) in [6.45, 7) is 1.57. The van der Waals surface area contributed by atoms with Gasteiger partial charge >= 0.3 is 29.6 Å². The Bertz CT molecular complexity index is 2000. The Kier molecular flexibility index (Phi) is 8.54. The van der Waals surface area contributed by atoms with Crippen LogP contribution >= 0.6 is 11.3 Å². The molecule has 10 nitrogen and oxygen atoms in total. The SMILES string of the molecule is Cc1ccc2nc(-c3ccc(N/N=c4\ccc(=O)/c(=N\Nc5ccccc5)c4=O)cc3)sc2c1S(=O)(=O)[O-].[Na+]. The Balaban J connectivity index is 0.00000353. The molecule has 0 aliphatic heterocycles. The predicted molar refractivity (Wildman–Crippen MR) is 144 cm³/mol. The van der Waals surface area contributed by atoms with Crippen LogP contribution in [0.2, 0.25) is 0 Å². The number of para-hydroxylation sites is 1. The third-order valence-corrected chi connectivity index (χ3v) is 7.83. The van der Waals surface area contributed by atoms with Crippen molar-refractivity contribution < 1.29 is 42.5 Å². The maximum absolute atomic E-state index is 12.7. The van der Waals surface area contributed by atoms with E-state index in [0.717, 1.165) is 11.3 Å². The Labute approximate surface area is 248 Å². The van der Waals surface area contributed by atoms with E-state index in [4.69, 9.17) is 0 Å². The van der Waals surface area contributed by atoms with Crippen molar-refractivity contribution in [1.82, 2.24) is 4.98 Å². The Hall–Kier alpha value is -3.52. The van der Waals surface area contributed by atoms with E-state index in [-0.39, 0.29) is 45.2 Å². The van der Waals surface area contributed by atoms with Gasteiger partial charge in [0.05, 0.1) is 26.5 Å². The summed E-state index contributed by atoms with van der Waals surface area (Å²) >= 11 is 1.12. The van der Waals surface area contributed by atoms with Crippen molar-refractivity contribution >= 4 is 43.0 Å². The fourth-order valence-corrected chi connectivity index (χ4v) is 5.97. The molecule has 0 amide bonds. The minimum atomic E-state index is -4.65. The predicted octanol–water partition coefficient (Wildman–Crippen LogP) is -0.369. The van der Waals surface area contributed by atoms with Gasteiger partial charge in [0.2, 0.25) is 10.9 Å². The molecule has 1 aromatic heterocycles. The summed E-state index contributed by atoms with van der Waals surface area (Å²) in [6, 6.07) is 21.6. The number of nitrogens with zero attached hydrogens (tertiary/aromatic N) is 3. The molecule has 0 spiro atoms. The Morgan fingerprint density at radius 2 is 1.51 bits per heavy atom. The maximum Gasteiger partial charge on any atom is 1.00 e. The van der Waals surface area contributed by atoms with E-state index < -0.39 is 21.0 Å². The van der Waals surface area contributed by atoms with E-state index in [2.05, 4.69) is 26.0 Å². The molecular formula is C26H18N5NaO5S2. The summed E-state index contributed by atoms with van der Waals surface area (Å²) in [7, 11) is -4.65. The molecule has 0 aliphatic carbocycles. The molecule has 0 radical (unpaired) electrons. The fraction of sp³-hybridized carbons (Fsp3) is 0.0385. The minimum absolute atomic E-state index is 0. The zero-order valence-electron chi connectivity index (χ0n) is 20.7. The fourth-order valence-electron chi connectivity index (χ4n) is 3.68. The summed E-state index contributed by atoms with van der Waals surface area (Å²) in [5.74, 6) is 0. The molecule has 0 atom stereocenters. The molecule has 39 heavy (non-hydrogen) atoms. The van der Waals surface area contributed by atoms with Crippen LogP contribution in [-0.4, -0.2) is 18.0 Å². The van der Waals surface area contributed by atoms with Gasteiger partial charge in [-0.25, -0.2) is 13.4 Å². The topological polar surface area (TPSA) is 153 Å². The van der Waals surface area contributed by atoms with E-state index in [9.17, 15) is 22.6 Å². The van der Waals surface area contributed by atoms with E-state index in [0.29, 0.717) is 37.7 Å². The molecule has 0 saturated heterocycles. The van der Waals surface area contributed by atoms with Gasteiger partial charge in [0.25, 0.3) is 0 Å². The van der Waals surface area contributed by atoms with Crippen molar-refractivity contribution in [2.45, 2.75) is 11.8 Å². The Morgan fingerprint density at radius 3 is 2.21 bits per heavy atom. The minimum Gasteiger partial charge on any atom is -0.744 e. The van der Waals surface area contributed by atoms with Crippen molar-refractivity contribution in [1.29, 1.82) is 0 Å². The normalized spacial score (nSPS) is 12.4. The number of thiazole rings is 1. The van der Waals surface area contributed by atoms with Crippen LogP contribution in [0.4, 0.5) is 11.4 Å². The summed E-state index contributed by atoms with van der Waals surface area (Å²) in [5.41, 5.74) is 7.02. The molecule has 2 N–H and O–H groups in total. The van der Waals surface area contributed by atoms with Crippen molar-refractivity contribution in [2.75, 3.05) is 10.9 Å². The number of benzene rings is 4. The molecule has 1 heterocycles. The summed E-state index contributed by atoms with van der Waals surface area (Å²) in [5, 5.41) is 8.34. The van der Waals surface area contributed by atoms with Crippen LogP contribution in [0.3, 0.4) is 0 Å². The number of aryl methyl sites for hydroxylation is 1. The standard InChI is InChI=1S/C26H19N5O5S2.Na/c1-15-7-12-20-24(25(15)38(34,35)36)37-26(27-20)16-8-10-18(11-9-16)28-30-19-13-14-21(32)22(23(19)33)31-29-17-5-3-2-4-6-17;/h2-14,28-29H,1H3,(H,34,35,36);/q;+1/p-1/b30-19+,31-22+;. The van der Waals surface area contributed by atoms with Gasteiger partial charge in [-0.2, -0.15) is 10.2 Å². The van der Waals surface area contributed by atoms with E-state index >= 15 is 0 Å². The van der Waals surface area contributed by atoms with Crippen LogP contribution in [0.15, 0.2) is 104 Å². The molecule has 4 aromatic carbocycles. The molecule has 5 rings (SSSR count). The largest absolute Gasteiger partial charge is 1.00 e. The van der Waals surface area contributed by atoms with Gasteiger partial charge < -0.3 is 4.55 Å². The van der Waals surface area contributed by atoms with Crippen LogP contribution < -0.4 is 62.0 Å². The van der Waals surface area contributed by atoms with Crippen molar-refractivity contribution in [3.8, 4) is 10.6 Å². The first-order valence-electron chi connectivity index (χ1n) is 11.2. The molecule has 190 valence electrons. The monoisotopic (exact) mass is 567 g/mol. The van der Waals surface area contributed by atoms with Gasteiger partial charge in [0.15, 0.2) is 5.36 Å². The average molecular weight is 568 g/mol. The van der Waals surface area contributed by atoms with Crippen molar-refractivity contribution in [2.24, 2.45) is 10.2 Å². The number of fused-ring (bicyclic) bond motifs is 1. The smallest absolute Gasteiger partial charge is 0.744 e. The van der Waals surface area contributed by atoms with Crippen LogP contribution in [0, 0.1) is 6.92 Å². The van der Waals surface area contributed by atoms with E-state index in [1.54, 1.807) is 67.6 Å². The molecular weight excluding hydrogens is 549 g/mol. The number of hydrogen-bond donors (Lipinski definition) is 2. The quantitative estimate of drug-likeness (QED) is 0.160. The second-order valence-electron chi connectivity index (χ2n) is 8.18. The number of hydrogen-bond acceptors (Lipinski definition) is 11. The molecule has 0 bridgehead atoms. The third kappa shape index (κ3) is 6.22. The first kappa shape index (κ1) is 28.5. The number of aromatic nitrogens is 1. The molecule has 13 heteroatoms. The van der Waals surface area contributed by atoms with Crippen molar-refractivity contribution in [3.05, 3.63) is 116 Å². The zero-order valence-corrected chi connectivity index (χ0v) is 24.3. The second kappa shape index (κ2) is 11.7. The molecule has 0 saturated carbocycles. The first-order valence-corrected chi connectivity index (χ1v) is 13.4. The molecule has 5 aromatic rings. The summed E-state index contributed by atoms with van der Waals surface area (Å²) < 4.78 is 35.6. The van der Waals surface area contributed by atoms with E-state index in [1.165, 1.54) is 12.1 Å². The maximum atomic E-state index is 12.7. The molecule has 0 aliphatic rings. The van der Waals surface area contributed by atoms with Gasteiger partial charge in [-0.15, -0.1) is 11.3 Å². The van der Waals surface area contributed by atoms with Crippen LogP contribution in [0.1, 0.15) is 5.56 Å². The summed E-state index contributed by atoms with van der Waals surface area (Å²) in [4.78, 5) is 29.1. The molecule has 0 fully saturated rings. The summed E-state index contributed by atoms with van der Waals surface area (Å²) in [6.07, 6.45) is 0. The molecule has 0 unspecified atom stereocenters. The van der Waals surface area contributed by atoms with E-state index in [1.807, 2.05) is 6.07 Å². The van der Waals surface area contributed by atoms with Gasteiger partial charge in [-0.05, 0) is 67.1 Å².